The van der Waals surface area contributed by atoms with Gasteiger partial charge < -0.3 is 0 Å². The highest BCUT2D eigenvalue weighted by Crippen LogP contribution is 2.40. The molecule has 0 saturated heterocycles. The minimum atomic E-state index is 0.958. The number of allylic oxidation sites excluding steroid dienone is 4. The highest BCUT2D eigenvalue weighted by molar-refractivity contribution is 6.15. The second-order valence-electron chi connectivity index (χ2n) is 15.8. The van der Waals surface area contributed by atoms with Gasteiger partial charge in [0.15, 0.2) is 0 Å². The van der Waals surface area contributed by atoms with Crippen LogP contribution in [0.25, 0.3) is 105 Å². The number of pyridine rings is 2. The molecule has 0 amide bonds. The monoisotopic (exact) mass is 792 g/mol. The van der Waals surface area contributed by atoms with Crippen LogP contribution in [0.5, 0.6) is 0 Å². The minimum Gasteiger partial charge on any atom is -0.248 e. The van der Waals surface area contributed by atoms with Crippen molar-refractivity contribution in [3.05, 3.63) is 236 Å². The Hall–Kier alpha value is -7.94. The number of hydrogen-bond acceptors (Lipinski definition) is 2. The molecule has 2 aromatic heterocycles. The van der Waals surface area contributed by atoms with E-state index in [1.54, 1.807) is 0 Å². The molecule has 0 radical (unpaired) electrons. The van der Waals surface area contributed by atoms with Gasteiger partial charge in [-0.05, 0) is 122 Å². The zero-order valence-electron chi connectivity index (χ0n) is 34.8. The van der Waals surface area contributed by atoms with E-state index in [4.69, 9.17) is 9.97 Å². The lowest BCUT2D eigenvalue weighted by molar-refractivity contribution is 1.27. The summed E-state index contributed by atoms with van der Waals surface area (Å²) in [6, 6.07) is 76.1. The van der Waals surface area contributed by atoms with Crippen LogP contribution in [0.2, 0.25) is 0 Å². The molecular weight excluding hydrogens is 749 g/mol. The maximum absolute atomic E-state index is 5.13. The average Bonchev–Trinajstić information content (AvgIpc) is 3.35. The van der Waals surface area contributed by atoms with Crippen LogP contribution < -0.4 is 0 Å². The number of rotatable bonds is 9. The second-order valence-corrected chi connectivity index (χ2v) is 15.8. The molecule has 8 aromatic carbocycles. The molecule has 62 heavy (non-hydrogen) atoms. The molecular formula is C60H44N2. The first kappa shape index (κ1) is 38.3. The molecule has 0 aliphatic carbocycles. The third-order valence-corrected chi connectivity index (χ3v) is 11.7. The van der Waals surface area contributed by atoms with Gasteiger partial charge in [0, 0.05) is 16.7 Å². The zero-order valence-corrected chi connectivity index (χ0v) is 34.8. The van der Waals surface area contributed by atoms with E-state index in [0.717, 1.165) is 67.3 Å². The highest BCUT2D eigenvalue weighted by Gasteiger charge is 2.15. The molecule has 0 atom stereocenters. The lowest BCUT2D eigenvalue weighted by Crippen LogP contribution is -1.93. The predicted octanol–water partition coefficient (Wildman–Crippen LogP) is 16.4. The molecule has 2 heteroatoms. The van der Waals surface area contributed by atoms with E-state index in [9.17, 15) is 0 Å². The van der Waals surface area contributed by atoms with Gasteiger partial charge in [-0.1, -0.05) is 194 Å². The van der Waals surface area contributed by atoms with Gasteiger partial charge in [0.05, 0.1) is 22.8 Å². The minimum absolute atomic E-state index is 0.958. The molecule has 0 aliphatic heterocycles. The number of hydrogen-bond donors (Lipinski definition) is 0. The molecule has 10 rings (SSSR count). The first-order chi connectivity index (χ1) is 30.6. The van der Waals surface area contributed by atoms with Gasteiger partial charge in [-0.2, -0.15) is 0 Å². The van der Waals surface area contributed by atoms with E-state index >= 15 is 0 Å². The topological polar surface area (TPSA) is 25.8 Å². The van der Waals surface area contributed by atoms with Crippen molar-refractivity contribution < 1.29 is 0 Å². The Kier molecular flexibility index (Phi) is 10.5. The van der Waals surface area contributed by atoms with Crippen molar-refractivity contribution in [2.24, 2.45) is 0 Å². The summed E-state index contributed by atoms with van der Waals surface area (Å²) < 4.78 is 0. The van der Waals surface area contributed by atoms with Crippen LogP contribution in [0.3, 0.4) is 0 Å². The standard InChI is InChI=1S/C60H44N2/c1-3-4-18-41(2)57-37-49(38-58(61-57)42-19-8-5-9-20-42)45-25-14-27-47(35-45)51-29-16-31-53-54-32-17-30-52(56(54)34-33-55(51)53)48-28-15-26-46(36-48)50-39-59(43-21-10-6-11-22-43)62-60(40-50)44-23-12-7-13-24-44/h3-40H,1-2H3/b4-3-,41-18+. The third-order valence-electron chi connectivity index (χ3n) is 11.7. The Bertz CT molecular complexity index is 3230. The van der Waals surface area contributed by atoms with E-state index in [2.05, 4.69) is 213 Å². The largest absolute Gasteiger partial charge is 0.248 e. The lowest BCUT2D eigenvalue weighted by atomic mass is 9.90. The molecule has 0 aliphatic rings. The summed E-state index contributed by atoms with van der Waals surface area (Å²) in [4.78, 5) is 10.2. The summed E-state index contributed by atoms with van der Waals surface area (Å²) in [5.41, 5.74) is 17.6. The van der Waals surface area contributed by atoms with Crippen molar-refractivity contribution in [1.82, 2.24) is 9.97 Å². The number of fused-ring (bicyclic) bond motifs is 3. The van der Waals surface area contributed by atoms with E-state index < -0.39 is 0 Å². The van der Waals surface area contributed by atoms with Crippen molar-refractivity contribution in [3.63, 3.8) is 0 Å². The molecule has 0 N–H and O–H groups in total. The zero-order chi connectivity index (χ0) is 41.8. The number of aromatic nitrogens is 2. The summed E-state index contributed by atoms with van der Waals surface area (Å²) in [6.45, 7) is 4.17. The van der Waals surface area contributed by atoms with Gasteiger partial charge >= 0.3 is 0 Å². The van der Waals surface area contributed by atoms with Gasteiger partial charge in [-0.25, -0.2) is 9.97 Å². The lowest BCUT2D eigenvalue weighted by Gasteiger charge is -2.15. The van der Waals surface area contributed by atoms with Crippen LogP contribution in [-0.4, -0.2) is 9.97 Å². The van der Waals surface area contributed by atoms with Gasteiger partial charge in [0.2, 0.25) is 0 Å². The number of nitrogens with zero attached hydrogens (tertiary/aromatic N) is 2. The molecule has 0 spiro atoms. The summed E-state index contributed by atoms with van der Waals surface area (Å²) >= 11 is 0. The van der Waals surface area contributed by atoms with E-state index in [-0.39, 0.29) is 0 Å². The molecule has 0 saturated carbocycles. The van der Waals surface area contributed by atoms with Crippen LogP contribution in [0.15, 0.2) is 231 Å². The molecule has 0 fully saturated rings. The van der Waals surface area contributed by atoms with Gasteiger partial charge in [-0.3, -0.25) is 0 Å². The molecule has 2 heterocycles. The Morgan fingerprint density at radius 1 is 0.339 bits per heavy atom. The fourth-order valence-electron chi connectivity index (χ4n) is 8.55. The Morgan fingerprint density at radius 2 is 0.742 bits per heavy atom. The van der Waals surface area contributed by atoms with Crippen molar-refractivity contribution in [2.45, 2.75) is 13.8 Å². The third kappa shape index (κ3) is 7.67. The Labute approximate surface area is 363 Å². The molecule has 10 aromatic rings. The van der Waals surface area contributed by atoms with Crippen LogP contribution in [0.4, 0.5) is 0 Å². The summed E-state index contributed by atoms with van der Waals surface area (Å²) in [7, 11) is 0. The van der Waals surface area contributed by atoms with Crippen LogP contribution in [0, 0.1) is 0 Å². The molecule has 2 nitrogen and oxygen atoms in total. The fourth-order valence-corrected chi connectivity index (χ4v) is 8.55. The summed E-state index contributed by atoms with van der Waals surface area (Å²) in [6.07, 6.45) is 6.25. The highest BCUT2D eigenvalue weighted by atomic mass is 14.7. The first-order valence-electron chi connectivity index (χ1n) is 21.3. The predicted molar refractivity (Wildman–Crippen MR) is 264 cm³/mol. The van der Waals surface area contributed by atoms with E-state index in [1.807, 2.05) is 31.2 Å². The SMILES string of the molecule is C/C=C\C=C(/C)c1cc(-c2cccc(-c3cccc4c3ccc3c(-c5cccc(-c6cc(-c7ccccc7)nc(-c7ccccc7)c6)c5)cccc34)c2)cc(-c2ccccc2)n1. The quantitative estimate of drug-likeness (QED) is 0.107. The van der Waals surface area contributed by atoms with Crippen molar-refractivity contribution in [3.8, 4) is 78.3 Å². The van der Waals surface area contributed by atoms with E-state index in [1.165, 1.54) is 43.8 Å². The molecule has 294 valence electrons. The van der Waals surface area contributed by atoms with Gasteiger partial charge in [0.1, 0.15) is 0 Å². The Balaban J connectivity index is 1.04. The second kappa shape index (κ2) is 17.0. The maximum Gasteiger partial charge on any atom is 0.0715 e. The number of benzene rings is 8. The van der Waals surface area contributed by atoms with Gasteiger partial charge in [0.25, 0.3) is 0 Å². The van der Waals surface area contributed by atoms with Gasteiger partial charge in [-0.15, -0.1) is 0 Å². The van der Waals surface area contributed by atoms with Crippen LogP contribution >= 0.6 is 0 Å². The van der Waals surface area contributed by atoms with Crippen LogP contribution in [-0.2, 0) is 0 Å². The summed E-state index contributed by atoms with van der Waals surface area (Å²) in [5, 5.41) is 4.93. The van der Waals surface area contributed by atoms with Crippen molar-refractivity contribution in [2.75, 3.05) is 0 Å². The van der Waals surface area contributed by atoms with Crippen molar-refractivity contribution >= 4 is 27.1 Å². The first-order valence-corrected chi connectivity index (χ1v) is 21.3. The smallest absolute Gasteiger partial charge is 0.0715 e. The van der Waals surface area contributed by atoms with Crippen LogP contribution in [0.1, 0.15) is 19.5 Å². The fraction of sp³-hybridized carbons (Fsp3) is 0.0333. The molecule has 0 bridgehead atoms. The van der Waals surface area contributed by atoms with Crippen molar-refractivity contribution in [1.29, 1.82) is 0 Å². The molecule has 0 unspecified atom stereocenters. The van der Waals surface area contributed by atoms with E-state index in [0.29, 0.717) is 0 Å². The summed E-state index contributed by atoms with van der Waals surface area (Å²) in [5.74, 6) is 0. The maximum atomic E-state index is 5.13. The average molecular weight is 793 g/mol. The Morgan fingerprint density at radius 3 is 1.21 bits per heavy atom. The normalized spacial score (nSPS) is 11.7.